The van der Waals surface area contributed by atoms with Gasteiger partial charge in [-0.2, -0.15) is 0 Å². The van der Waals surface area contributed by atoms with Crippen molar-refractivity contribution in [3.63, 3.8) is 0 Å². The van der Waals surface area contributed by atoms with Crippen LogP contribution in [0.3, 0.4) is 0 Å². The van der Waals surface area contributed by atoms with Crippen LogP contribution in [0, 0.1) is 0 Å². The van der Waals surface area contributed by atoms with Gasteiger partial charge in [0.25, 0.3) is 0 Å². The van der Waals surface area contributed by atoms with E-state index in [9.17, 15) is 5.11 Å². The van der Waals surface area contributed by atoms with Crippen molar-refractivity contribution in [2.45, 2.75) is 25.1 Å². The Morgan fingerprint density at radius 1 is 1.00 bits per heavy atom. The number of morpholine rings is 1. The van der Waals surface area contributed by atoms with Crippen LogP contribution >= 0.6 is 0 Å². The fourth-order valence-electron chi connectivity index (χ4n) is 3.55. The molecule has 6 nitrogen and oxygen atoms in total. The molecule has 2 aliphatic rings. The highest BCUT2D eigenvalue weighted by molar-refractivity contribution is 5.82. The number of anilines is 1. The van der Waals surface area contributed by atoms with Crippen molar-refractivity contribution in [3.05, 3.63) is 54.2 Å². The molecule has 0 bridgehead atoms. The van der Waals surface area contributed by atoms with Gasteiger partial charge in [-0.25, -0.2) is 4.98 Å². The molecule has 1 atom stereocenters. The van der Waals surface area contributed by atoms with Gasteiger partial charge in [0, 0.05) is 19.1 Å². The van der Waals surface area contributed by atoms with E-state index < -0.39 is 6.23 Å². The average Bonchev–Trinajstić information content (AvgIpc) is 3.58. The first-order valence-corrected chi connectivity index (χ1v) is 9.90. The maximum Gasteiger partial charge on any atom is 0.148 e. The number of hydrogen-bond donors (Lipinski definition) is 2. The number of rotatable bonds is 5. The molecule has 5 rings (SSSR count). The van der Waals surface area contributed by atoms with Crippen LogP contribution in [0.5, 0.6) is 0 Å². The van der Waals surface area contributed by atoms with E-state index in [-0.39, 0.29) is 0 Å². The molecule has 1 saturated heterocycles. The Kier molecular flexibility index (Phi) is 4.68. The van der Waals surface area contributed by atoms with E-state index in [1.54, 1.807) is 0 Å². The first-order valence-electron chi connectivity index (χ1n) is 9.90. The predicted octanol–water partition coefficient (Wildman–Crippen LogP) is 2.88. The molecule has 2 N–H and O–H groups in total. The first kappa shape index (κ1) is 17.6. The summed E-state index contributed by atoms with van der Waals surface area (Å²) in [6, 6.07) is 14.7. The first-order chi connectivity index (χ1) is 13.8. The Bertz CT molecular complexity index is 966. The van der Waals surface area contributed by atoms with Gasteiger partial charge in [0.2, 0.25) is 0 Å². The molecule has 2 heterocycles. The second-order valence-electron chi connectivity index (χ2n) is 7.50. The minimum absolute atomic E-state index is 0.467. The predicted molar refractivity (Wildman–Crippen MR) is 109 cm³/mol. The normalized spacial score (nSPS) is 18.4. The molecule has 1 unspecified atom stereocenters. The molecule has 1 aromatic heterocycles. The number of ether oxygens (including phenoxy) is 1. The number of aliphatic hydroxyl groups is 1. The van der Waals surface area contributed by atoms with Crippen molar-refractivity contribution >= 4 is 16.9 Å². The lowest BCUT2D eigenvalue weighted by molar-refractivity contribution is 0.122. The molecule has 1 aliphatic carbocycles. The highest BCUT2D eigenvalue weighted by Gasteiger charge is 2.24. The van der Waals surface area contributed by atoms with Crippen LogP contribution in [0.2, 0.25) is 0 Å². The van der Waals surface area contributed by atoms with Crippen LogP contribution in [0.15, 0.2) is 48.7 Å². The summed E-state index contributed by atoms with van der Waals surface area (Å²) in [4.78, 5) is 11.6. The molecular formula is C22H24N4O2. The summed E-state index contributed by atoms with van der Waals surface area (Å²) < 4.78 is 5.42. The van der Waals surface area contributed by atoms with Gasteiger partial charge in [0.05, 0.1) is 30.4 Å². The summed E-state index contributed by atoms with van der Waals surface area (Å²) in [6.45, 7) is 3.15. The van der Waals surface area contributed by atoms with E-state index in [0.717, 1.165) is 72.7 Å². The SMILES string of the molecule is OC(NC1CC1)c1ccc(-c2ccc3ncc(N4CCOCC4)nc3c2)cc1. The summed E-state index contributed by atoms with van der Waals surface area (Å²) >= 11 is 0. The molecule has 28 heavy (non-hydrogen) atoms. The molecule has 1 aliphatic heterocycles. The van der Waals surface area contributed by atoms with E-state index >= 15 is 0 Å². The number of hydrogen-bond acceptors (Lipinski definition) is 6. The lowest BCUT2D eigenvalue weighted by Crippen LogP contribution is -2.36. The molecule has 2 aromatic carbocycles. The number of fused-ring (bicyclic) bond motifs is 1. The van der Waals surface area contributed by atoms with Gasteiger partial charge in [0.1, 0.15) is 12.0 Å². The van der Waals surface area contributed by atoms with Crippen LogP contribution in [-0.4, -0.2) is 47.4 Å². The summed E-state index contributed by atoms with van der Waals surface area (Å²) in [5.41, 5.74) is 4.87. The summed E-state index contributed by atoms with van der Waals surface area (Å²) in [7, 11) is 0. The zero-order valence-electron chi connectivity index (χ0n) is 15.7. The summed E-state index contributed by atoms with van der Waals surface area (Å²) in [5, 5.41) is 13.5. The Morgan fingerprint density at radius 2 is 1.75 bits per heavy atom. The minimum atomic E-state index is -0.597. The van der Waals surface area contributed by atoms with Crippen molar-refractivity contribution < 1.29 is 9.84 Å². The van der Waals surface area contributed by atoms with Gasteiger partial charge in [0.15, 0.2) is 0 Å². The number of nitrogens with zero attached hydrogens (tertiary/aromatic N) is 3. The fourth-order valence-corrected chi connectivity index (χ4v) is 3.55. The lowest BCUT2D eigenvalue weighted by atomic mass is 10.0. The molecule has 6 heteroatoms. The van der Waals surface area contributed by atoms with Crippen molar-refractivity contribution in [1.82, 2.24) is 15.3 Å². The van der Waals surface area contributed by atoms with Crippen molar-refractivity contribution in [1.29, 1.82) is 0 Å². The second kappa shape index (κ2) is 7.47. The highest BCUT2D eigenvalue weighted by Crippen LogP contribution is 2.27. The Balaban J connectivity index is 1.40. The van der Waals surface area contributed by atoms with Gasteiger partial charge in [-0.3, -0.25) is 10.3 Å². The van der Waals surface area contributed by atoms with E-state index in [0.29, 0.717) is 6.04 Å². The van der Waals surface area contributed by atoms with E-state index in [2.05, 4.69) is 27.3 Å². The fraction of sp³-hybridized carbons (Fsp3) is 0.364. The summed E-state index contributed by atoms with van der Waals surface area (Å²) in [5.74, 6) is 0.901. The monoisotopic (exact) mass is 376 g/mol. The van der Waals surface area contributed by atoms with Gasteiger partial charge in [-0.1, -0.05) is 30.3 Å². The van der Waals surface area contributed by atoms with Gasteiger partial charge in [-0.05, 0) is 41.7 Å². The number of aromatic nitrogens is 2. The molecule has 0 radical (unpaired) electrons. The molecular weight excluding hydrogens is 352 g/mol. The van der Waals surface area contributed by atoms with E-state index in [1.807, 2.05) is 36.5 Å². The van der Waals surface area contributed by atoms with Gasteiger partial charge < -0.3 is 14.7 Å². The van der Waals surface area contributed by atoms with Crippen LogP contribution in [0.4, 0.5) is 5.82 Å². The molecule has 3 aromatic rings. The molecule has 0 amide bonds. The van der Waals surface area contributed by atoms with Gasteiger partial charge >= 0.3 is 0 Å². The lowest BCUT2D eigenvalue weighted by Gasteiger charge is -2.27. The Hall–Kier alpha value is -2.54. The Morgan fingerprint density at radius 3 is 2.50 bits per heavy atom. The third-order valence-electron chi connectivity index (χ3n) is 5.40. The van der Waals surface area contributed by atoms with E-state index in [4.69, 9.17) is 9.72 Å². The zero-order chi connectivity index (χ0) is 18.9. The maximum absolute atomic E-state index is 10.2. The van der Waals surface area contributed by atoms with Crippen molar-refractivity contribution in [3.8, 4) is 11.1 Å². The molecule has 2 fully saturated rings. The third kappa shape index (κ3) is 3.71. The van der Waals surface area contributed by atoms with Crippen molar-refractivity contribution in [2.75, 3.05) is 31.2 Å². The quantitative estimate of drug-likeness (QED) is 0.668. The maximum atomic E-state index is 10.2. The molecule has 1 saturated carbocycles. The topological polar surface area (TPSA) is 70.5 Å². The number of benzene rings is 2. The third-order valence-corrected chi connectivity index (χ3v) is 5.40. The second-order valence-corrected chi connectivity index (χ2v) is 7.50. The smallest absolute Gasteiger partial charge is 0.148 e. The largest absolute Gasteiger partial charge is 0.378 e. The zero-order valence-corrected chi connectivity index (χ0v) is 15.7. The van der Waals surface area contributed by atoms with Crippen LogP contribution in [-0.2, 0) is 4.74 Å². The summed E-state index contributed by atoms with van der Waals surface area (Å²) in [6.07, 6.45) is 3.55. The molecule has 144 valence electrons. The Labute approximate surface area is 164 Å². The van der Waals surface area contributed by atoms with E-state index in [1.165, 1.54) is 0 Å². The standard InChI is InChI=1S/C22H24N4O2/c27-22(24-18-6-7-18)16-3-1-15(2-4-16)17-5-8-19-20(13-17)25-21(14-23-19)26-9-11-28-12-10-26/h1-5,8,13-14,18,22,24,27H,6-7,9-12H2. The van der Waals surface area contributed by atoms with Crippen LogP contribution in [0.1, 0.15) is 24.6 Å². The number of nitrogens with one attached hydrogen (secondary N) is 1. The average molecular weight is 376 g/mol. The van der Waals surface area contributed by atoms with Crippen LogP contribution in [0.25, 0.3) is 22.2 Å². The highest BCUT2D eigenvalue weighted by atomic mass is 16.5. The molecule has 0 spiro atoms. The minimum Gasteiger partial charge on any atom is -0.378 e. The van der Waals surface area contributed by atoms with Crippen molar-refractivity contribution in [2.24, 2.45) is 0 Å². The van der Waals surface area contributed by atoms with Gasteiger partial charge in [-0.15, -0.1) is 0 Å². The number of aliphatic hydroxyl groups excluding tert-OH is 1. The van der Waals surface area contributed by atoms with Crippen LogP contribution < -0.4 is 10.2 Å².